The Morgan fingerprint density at radius 2 is 1.91 bits per heavy atom. The molecule has 1 aromatic carbocycles. The van der Waals surface area contributed by atoms with Crippen molar-refractivity contribution in [2.45, 2.75) is 45.1 Å². The molecule has 3 rings (SSSR count). The molecule has 1 heterocycles. The van der Waals surface area contributed by atoms with Crippen LogP contribution in [-0.4, -0.2) is 22.8 Å². The summed E-state index contributed by atoms with van der Waals surface area (Å²) in [7, 11) is 0. The number of halogens is 1. The smallest absolute Gasteiger partial charge is 0.277 e. The first kappa shape index (κ1) is 15.1. The molecule has 0 radical (unpaired) electrons. The maximum Gasteiger partial charge on any atom is 0.277 e. The van der Waals surface area contributed by atoms with Gasteiger partial charge in [-0.2, -0.15) is 0 Å². The second-order valence-corrected chi connectivity index (χ2v) is 6.38. The van der Waals surface area contributed by atoms with E-state index in [1.807, 2.05) is 25.1 Å². The molecular formula is C17H19ClN2O2. The Balaban J connectivity index is 1.76. The highest BCUT2D eigenvalue weighted by molar-refractivity contribution is 6.33. The third kappa shape index (κ3) is 2.88. The fourth-order valence-electron chi connectivity index (χ4n) is 3.13. The third-order valence-corrected chi connectivity index (χ3v) is 4.60. The molecule has 22 heavy (non-hydrogen) atoms. The number of aryl methyl sites for hydroxylation is 1. The number of anilines is 1. The highest BCUT2D eigenvalue weighted by Gasteiger charge is 2.37. The van der Waals surface area contributed by atoms with Crippen molar-refractivity contribution in [1.82, 2.24) is 4.90 Å². The summed E-state index contributed by atoms with van der Waals surface area (Å²) < 4.78 is 0. The Labute approximate surface area is 135 Å². The topological polar surface area (TPSA) is 49.4 Å². The van der Waals surface area contributed by atoms with Crippen molar-refractivity contribution in [2.24, 2.45) is 0 Å². The van der Waals surface area contributed by atoms with E-state index in [0.717, 1.165) is 31.2 Å². The average molecular weight is 319 g/mol. The minimum Gasteiger partial charge on any atom is -0.350 e. The molecule has 0 unspecified atom stereocenters. The van der Waals surface area contributed by atoms with Gasteiger partial charge < -0.3 is 5.32 Å². The zero-order valence-corrected chi connectivity index (χ0v) is 13.3. The zero-order chi connectivity index (χ0) is 15.7. The van der Waals surface area contributed by atoms with Crippen LogP contribution < -0.4 is 5.32 Å². The molecule has 1 fully saturated rings. The largest absolute Gasteiger partial charge is 0.350 e. The first-order chi connectivity index (χ1) is 10.6. The predicted octanol–water partition coefficient (Wildman–Crippen LogP) is 3.65. The van der Waals surface area contributed by atoms with Crippen molar-refractivity contribution in [3.05, 3.63) is 40.6 Å². The van der Waals surface area contributed by atoms with Crippen LogP contribution in [0.5, 0.6) is 0 Å². The van der Waals surface area contributed by atoms with Crippen LogP contribution in [0, 0.1) is 6.92 Å². The van der Waals surface area contributed by atoms with Crippen LogP contribution >= 0.6 is 11.6 Å². The molecule has 1 aromatic rings. The van der Waals surface area contributed by atoms with Crippen LogP contribution in [0.3, 0.4) is 0 Å². The number of carbonyl (C=O) groups is 2. The SMILES string of the molecule is Cc1ccc(NC2=CC(=O)N(C3CCCCC3)C2=O)c(Cl)c1. The maximum atomic E-state index is 12.5. The first-order valence-corrected chi connectivity index (χ1v) is 8.06. The van der Waals surface area contributed by atoms with Gasteiger partial charge in [-0.15, -0.1) is 0 Å². The molecule has 4 nitrogen and oxygen atoms in total. The van der Waals surface area contributed by atoms with E-state index in [1.54, 1.807) is 0 Å². The van der Waals surface area contributed by atoms with Gasteiger partial charge in [0, 0.05) is 12.1 Å². The van der Waals surface area contributed by atoms with E-state index in [9.17, 15) is 9.59 Å². The lowest BCUT2D eigenvalue weighted by atomic mass is 9.94. The van der Waals surface area contributed by atoms with Gasteiger partial charge in [-0.05, 0) is 37.5 Å². The fraction of sp³-hybridized carbons (Fsp3) is 0.412. The summed E-state index contributed by atoms with van der Waals surface area (Å²) in [4.78, 5) is 26.1. The minimum atomic E-state index is -0.242. The summed E-state index contributed by atoms with van der Waals surface area (Å²) in [6.45, 7) is 1.95. The summed E-state index contributed by atoms with van der Waals surface area (Å²) in [6, 6.07) is 5.59. The number of nitrogens with zero attached hydrogens (tertiary/aromatic N) is 1. The number of amides is 2. The number of nitrogens with one attached hydrogen (secondary N) is 1. The van der Waals surface area contributed by atoms with Crippen molar-refractivity contribution in [3.8, 4) is 0 Å². The van der Waals surface area contributed by atoms with Gasteiger partial charge in [0.05, 0.1) is 10.7 Å². The Kier molecular flexibility index (Phi) is 4.21. The van der Waals surface area contributed by atoms with Gasteiger partial charge in [0.2, 0.25) is 0 Å². The molecule has 0 aromatic heterocycles. The molecule has 5 heteroatoms. The van der Waals surface area contributed by atoms with Gasteiger partial charge in [0.15, 0.2) is 0 Å². The van der Waals surface area contributed by atoms with Crippen molar-refractivity contribution < 1.29 is 9.59 Å². The lowest BCUT2D eigenvalue weighted by Gasteiger charge is -2.29. The molecule has 2 amide bonds. The van der Waals surface area contributed by atoms with Gasteiger partial charge in [-0.3, -0.25) is 14.5 Å². The number of carbonyl (C=O) groups excluding carboxylic acids is 2. The molecule has 116 valence electrons. The molecule has 1 saturated carbocycles. The molecule has 0 spiro atoms. The van der Waals surface area contributed by atoms with Crippen molar-refractivity contribution >= 4 is 29.1 Å². The monoisotopic (exact) mass is 318 g/mol. The van der Waals surface area contributed by atoms with E-state index in [2.05, 4.69) is 5.32 Å². The minimum absolute atomic E-state index is 0.0396. The molecule has 1 aliphatic carbocycles. The van der Waals surface area contributed by atoms with Gasteiger partial charge >= 0.3 is 0 Å². The number of hydrogen-bond donors (Lipinski definition) is 1. The summed E-state index contributed by atoms with van der Waals surface area (Å²) in [5.41, 5.74) is 1.99. The molecule has 2 aliphatic rings. The lowest BCUT2D eigenvalue weighted by molar-refractivity contribution is -0.140. The lowest BCUT2D eigenvalue weighted by Crippen LogP contribution is -2.42. The van der Waals surface area contributed by atoms with Gasteiger partial charge in [0.1, 0.15) is 5.70 Å². The van der Waals surface area contributed by atoms with E-state index in [-0.39, 0.29) is 17.9 Å². The molecule has 0 atom stereocenters. The number of imide groups is 1. The standard InChI is InChI=1S/C17H19ClN2O2/c1-11-7-8-14(13(18)9-11)19-15-10-16(21)20(17(15)22)12-5-3-2-4-6-12/h7-10,12,19H,2-6H2,1H3. The van der Waals surface area contributed by atoms with Crippen molar-refractivity contribution in [1.29, 1.82) is 0 Å². The fourth-order valence-corrected chi connectivity index (χ4v) is 3.41. The quantitative estimate of drug-likeness (QED) is 0.865. The normalized spacial score (nSPS) is 19.5. The van der Waals surface area contributed by atoms with E-state index in [0.29, 0.717) is 16.4 Å². The van der Waals surface area contributed by atoms with Crippen LogP contribution in [0.4, 0.5) is 5.69 Å². The molecule has 0 bridgehead atoms. The second kappa shape index (κ2) is 6.13. The summed E-state index contributed by atoms with van der Waals surface area (Å²) in [5, 5.41) is 3.54. The van der Waals surface area contributed by atoms with Crippen LogP contribution in [0.2, 0.25) is 5.02 Å². The van der Waals surface area contributed by atoms with Crippen LogP contribution in [0.25, 0.3) is 0 Å². The van der Waals surface area contributed by atoms with Crippen LogP contribution in [-0.2, 0) is 9.59 Å². The summed E-state index contributed by atoms with van der Waals surface area (Å²) >= 11 is 6.18. The van der Waals surface area contributed by atoms with Gasteiger partial charge in [-0.1, -0.05) is 36.9 Å². The number of hydrogen-bond acceptors (Lipinski definition) is 3. The Bertz CT molecular complexity index is 648. The highest BCUT2D eigenvalue weighted by Crippen LogP contribution is 2.29. The molecule has 0 saturated heterocycles. The maximum absolute atomic E-state index is 12.5. The second-order valence-electron chi connectivity index (χ2n) is 5.97. The van der Waals surface area contributed by atoms with E-state index in [1.165, 1.54) is 17.4 Å². The summed E-state index contributed by atoms with van der Waals surface area (Å²) in [5.74, 6) is -0.462. The van der Waals surface area contributed by atoms with Crippen LogP contribution in [0.15, 0.2) is 30.0 Å². The van der Waals surface area contributed by atoms with Crippen molar-refractivity contribution in [3.63, 3.8) is 0 Å². The summed E-state index contributed by atoms with van der Waals surface area (Å²) in [6.07, 6.45) is 6.54. The Morgan fingerprint density at radius 3 is 2.59 bits per heavy atom. The zero-order valence-electron chi connectivity index (χ0n) is 12.6. The average Bonchev–Trinajstić information content (AvgIpc) is 2.77. The number of benzene rings is 1. The van der Waals surface area contributed by atoms with Crippen molar-refractivity contribution in [2.75, 3.05) is 5.32 Å². The molecule has 1 N–H and O–H groups in total. The highest BCUT2D eigenvalue weighted by atomic mass is 35.5. The molecule has 1 aliphatic heterocycles. The van der Waals surface area contributed by atoms with E-state index >= 15 is 0 Å². The Hall–Kier alpha value is -1.81. The van der Waals surface area contributed by atoms with E-state index in [4.69, 9.17) is 11.6 Å². The van der Waals surface area contributed by atoms with E-state index < -0.39 is 0 Å². The van der Waals surface area contributed by atoms with Gasteiger partial charge in [-0.25, -0.2) is 0 Å². The van der Waals surface area contributed by atoms with Gasteiger partial charge in [0.25, 0.3) is 11.8 Å². The molecular weight excluding hydrogens is 300 g/mol. The first-order valence-electron chi connectivity index (χ1n) is 7.68. The van der Waals surface area contributed by atoms with Crippen LogP contribution in [0.1, 0.15) is 37.7 Å². The number of rotatable bonds is 3. The third-order valence-electron chi connectivity index (χ3n) is 4.29. The predicted molar refractivity (Wildman–Crippen MR) is 86.6 cm³/mol. The Morgan fingerprint density at radius 1 is 1.18 bits per heavy atom.